The van der Waals surface area contributed by atoms with Gasteiger partial charge in [0.05, 0.1) is 17.6 Å². The monoisotopic (exact) mass is 345 g/mol. The summed E-state index contributed by atoms with van der Waals surface area (Å²) >= 11 is 3.23. The summed E-state index contributed by atoms with van der Waals surface area (Å²) in [7, 11) is 0. The number of pyridine rings is 2. The Morgan fingerprint density at radius 1 is 1.09 bits per heavy atom. The SMILES string of the molecule is CC(C)(C)Sc1ccc(-c2nc(-c3ccncc3F)cs2)nc1. The molecule has 0 fully saturated rings. The van der Waals surface area contributed by atoms with Gasteiger partial charge in [-0.3, -0.25) is 9.97 Å². The van der Waals surface area contributed by atoms with Crippen LogP contribution in [0.3, 0.4) is 0 Å². The van der Waals surface area contributed by atoms with E-state index < -0.39 is 0 Å². The normalized spacial score (nSPS) is 11.7. The fourth-order valence-electron chi connectivity index (χ4n) is 2.02. The summed E-state index contributed by atoms with van der Waals surface area (Å²) in [5, 5.41) is 2.62. The number of thiazole rings is 1. The van der Waals surface area contributed by atoms with Crippen molar-refractivity contribution in [3.63, 3.8) is 0 Å². The molecule has 0 aliphatic heterocycles. The van der Waals surface area contributed by atoms with Gasteiger partial charge in [-0.15, -0.1) is 23.1 Å². The summed E-state index contributed by atoms with van der Waals surface area (Å²) in [5.74, 6) is -0.366. The fraction of sp³-hybridized carbons (Fsp3) is 0.235. The van der Waals surface area contributed by atoms with Crippen LogP contribution in [0.4, 0.5) is 4.39 Å². The first kappa shape index (κ1) is 16.1. The third-order valence-corrected chi connectivity index (χ3v) is 4.89. The number of hydrogen-bond donors (Lipinski definition) is 0. The number of nitrogens with zero attached hydrogens (tertiary/aromatic N) is 3. The highest BCUT2D eigenvalue weighted by Gasteiger charge is 2.14. The number of halogens is 1. The highest BCUT2D eigenvalue weighted by atomic mass is 32.2. The molecule has 0 spiro atoms. The average molecular weight is 345 g/mol. The van der Waals surface area contributed by atoms with Crippen LogP contribution in [0.15, 0.2) is 47.1 Å². The highest BCUT2D eigenvalue weighted by molar-refractivity contribution is 8.00. The first-order chi connectivity index (χ1) is 10.9. The summed E-state index contributed by atoms with van der Waals surface area (Å²) in [6.45, 7) is 6.51. The van der Waals surface area contributed by atoms with Crippen molar-refractivity contribution < 1.29 is 4.39 Å². The number of aromatic nitrogens is 3. The summed E-state index contributed by atoms with van der Waals surface area (Å²) in [6, 6.07) is 5.64. The van der Waals surface area contributed by atoms with Crippen LogP contribution in [0.1, 0.15) is 20.8 Å². The first-order valence-electron chi connectivity index (χ1n) is 7.13. The topological polar surface area (TPSA) is 38.7 Å². The van der Waals surface area contributed by atoms with E-state index in [1.54, 1.807) is 24.0 Å². The molecule has 3 aromatic rings. The number of hydrogen-bond acceptors (Lipinski definition) is 5. The van der Waals surface area contributed by atoms with Gasteiger partial charge in [0, 0.05) is 33.0 Å². The quantitative estimate of drug-likeness (QED) is 0.604. The first-order valence-corrected chi connectivity index (χ1v) is 8.83. The Hall–Kier alpha value is -1.79. The lowest BCUT2D eigenvalue weighted by atomic mass is 10.2. The van der Waals surface area contributed by atoms with Crippen molar-refractivity contribution in [1.82, 2.24) is 15.0 Å². The van der Waals surface area contributed by atoms with E-state index in [1.807, 2.05) is 23.7 Å². The van der Waals surface area contributed by atoms with Gasteiger partial charge in [0.2, 0.25) is 0 Å². The van der Waals surface area contributed by atoms with E-state index in [1.165, 1.54) is 17.5 Å². The molecule has 0 aromatic carbocycles. The highest BCUT2D eigenvalue weighted by Crippen LogP contribution is 2.33. The molecule has 118 valence electrons. The van der Waals surface area contributed by atoms with Gasteiger partial charge < -0.3 is 0 Å². The van der Waals surface area contributed by atoms with Crippen LogP contribution in [0.5, 0.6) is 0 Å². The summed E-state index contributed by atoms with van der Waals surface area (Å²) in [4.78, 5) is 13.9. The Balaban J connectivity index is 1.85. The molecular weight excluding hydrogens is 329 g/mol. The van der Waals surface area contributed by atoms with Crippen LogP contribution in [0, 0.1) is 5.82 Å². The predicted octanol–water partition coefficient (Wildman–Crippen LogP) is 5.30. The second-order valence-corrected chi connectivity index (χ2v) is 8.75. The van der Waals surface area contributed by atoms with Crippen LogP contribution < -0.4 is 0 Å². The molecular formula is C17H16FN3S2. The van der Waals surface area contributed by atoms with Gasteiger partial charge in [-0.05, 0) is 18.2 Å². The predicted molar refractivity (Wildman–Crippen MR) is 94.1 cm³/mol. The third-order valence-electron chi connectivity index (χ3n) is 2.93. The Labute approximate surface area is 143 Å². The molecule has 0 bridgehead atoms. The minimum atomic E-state index is -0.366. The van der Waals surface area contributed by atoms with Gasteiger partial charge in [-0.1, -0.05) is 20.8 Å². The van der Waals surface area contributed by atoms with E-state index in [-0.39, 0.29) is 10.6 Å². The molecule has 3 nitrogen and oxygen atoms in total. The van der Waals surface area contributed by atoms with Crippen molar-refractivity contribution >= 4 is 23.1 Å². The maximum absolute atomic E-state index is 13.8. The van der Waals surface area contributed by atoms with E-state index >= 15 is 0 Å². The van der Waals surface area contributed by atoms with E-state index in [0.29, 0.717) is 11.3 Å². The lowest BCUT2D eigenvalue weighted by Crippen LogP contribution is -2.06. The number of rotatable bonds is 3. The second-order valence-electron chi connectivity index (χ2n) is 5.99. The summed E-state index contributed by atoms with van der Waals surface area (Å²) in [6.07, 6.45) is 4.62. The van der Waals surface area contributed by atoms with E-state index in [4.69, 9.17) is 0 Å². The molecule has 0 N–H and O–H groups in total. The van der Waals surface area contributed by atoms with Crippen LogP contribution in [-0.2, 0) is 0 Å². The molecule has 0 radical (unpaired) electrons. The van der Waals surface area contributed by atoms with Crippen molar-refractivity contribution in [2.24, 2.45) is 0 Å². The summed E-state index contributed by atoms with van der Waals surface area (Å²) in [5.41, 5.74) is 1.87. The van der Waals surface area contributed by atoms with Crippen molar-refractivity contribution in [2.45, 2.75) is 30.4 Å². The zero-order valence-electron chi connectivity index (χ0n) is 13.1. The van der Waals surface area contributed by atoms with Crippen LogP contribution in [0.25, 0.3) is 22.0 Å². The molecule has 23 heavy (non-hydrogen) atoms. The van der Waals surface area contributed by atoms with Gasteiger partial charge >= 0.3 is 0 Å². The fourth-order valence-corrected chi connectivity index (χ4v) is 3.76. The van der Waals surface area contributed by atoms with Crippen molar-refractivity contribution in [1.29, 1.82) is 0 Å². The standard InChI is InChI=1S/C17H16FN3S2/c1-17(2,3)23-11-4-5-14(20-8-11)16-21-15(10-22-16)12-6-7-19-9-13(12)18/h4-10H,1-3H3. The molecule has 3 heterocycles. The molecule has 0 saturated carbocycles. The Morgan fingerprint density at radius 3 is 2.57 bits per heavy atom. The third kappa shape index (κ3) is 3.95. The van der Waals surface area contributed by atoms with Gasteiger partial charge in [0.25, 0.3) is 0 Å². The zero-order chi connectivity index (χ0) is 16.4. The molecule has 0 aliphatic carbocycles. The van der Waals surface area contributed by atoms with E-state index in [2.05, 4.69) is 35.7 Å². The van der Waals surface area contributed by atoms with Crippen molar-refractivity contribution in [3.05, 3.63) is 48.0 Å². The van der Waals surface area contributed by atoms with Gasteiger partial charge in [0.15, 0.2) is 5.82 Å². The Bertz CT molecular complexity index is 807. The number of thioether (sulfide) groups is 1. The van der Waals surface area contributed by atoms with Gasteiger partial charge in [0.1, 0.15) is 5.01 Å². The molecule has 0 saturated heterocycles. The smallest absolute Gasteiger partial charge is 0.150 e. The largest absolute Gasteiger partial charge is 0.262 e. The van der Waals surface area contributed by atoms with Crippen molar-refractivity contribution in [2.75, 3.05) is 0 Å². The molecule has 0 unspecified atom stereocenters. The Morgan fingerprint density at radius 2 is 1.91 bits per heavy atom. The average Bonchev–Trinajstić information content (AvgIpc) is 2.96. The maximum Gasteiger partial charge on any atom is 0.150 e. The maximum atomic E-state index is 13.8. The van der Waals surface area contributed by atoms with Crippen LogP contribution in [0.2, 0.25) is 0 Å². The van der Waals surface area contributed by atoms with E-state index in [9.17, 15) is 4.39 Å². The van der Waals surface area contributed by atoms with Crippen molar-refractivity contribution in [3.8, 4) is 22.0 Å². The minimum Gasteiger partial charge on any atom is -0.262 e. The zero-order valence-corrected chi connectivity index (χ0v) is 14.7. The molecule has 0 atom stereocenters. The van der Waals surface area contributed by atoms with Gasteiger partial charge in [-0.25, -0.2) is 9.37 Å². The molecule has 0 aliphatic rings. The Kier molecular flexibility index (Phi) is 4.46. The second kappa shape index (κ2) is 6.37. The summed E-state index contributed by atoms with van der Waals surface area (Å²) < 4.78 is 13.9. The van der Waals surface area contributed by atoms with E-state index in [0.717, 1.165) is 15.6 Å². The lowest BCUT2D eigenvalue weighted by Gasteiger charge is -2.17. The molecule has 6 heteroatoms. The molecule has 3 aromatic heterocycles. The minimum absolute atomic E-state index is 0.149. The van der Waals surface area contributed by atoms with Gasteiger partial charge in [-0.2, -0.15) is 0 Å². The molecule has 3 rings (SSSR count). The molecule has 0 amide bonds. The lowest BCUT2D eigenvalue weighted by molar-refractivity contribution is 0.624. The van der Waals surface area contributed by atoms with Crippen LogP contribution in [-0.4, -0.2) is 19.7 Å². The van der Waals surface area contributed by atoms with Crippen LogP contribution >= 0.6 is 23.1 Å².